The number of hydrogen-bond donors (Lipinski definition) is 2. The van der Waals surface area contributed by atoms with E-state index in [0.29, 0.717) is 17.3 Å². The van der Waals surface area contributed by atoms with Gasteiger partial charge in [0, 0.05) is 18.3 Å². The number of unbranched alkanes of at least 4 members (excludes halogenated alkanes) is 1. The van der Waals surface area contributed by atoms with Crippen LogP contribution in [0, 0.1) is 5.82 Å². The highest BCUT2D eigenvalue weighted by Gasteiger charge is 2.10. The van der Waals surface area contributed by atoms with Crippen LogP contribution in [0.4, 0.5) is 10.1 Å². The van der Waals surface area contributed by atoms with Crippen LogP contribution in [0.25, 0.3) is 0 Å². The number of benzene rings is 1. The number of halogens is 1. The Hall–Kier alpha value is -1.20. The van der Waals surface area contributed by atoms with E-state index in [1.807, 2.05) is 0 Å². The molecule has 3 nitrogen and oxygen atoms in total. The van der Waals surface area contributed by atoms with Gasteiger partial charge in [-0.1, -0.05) is 18.3 Å². The van der Waals surface area contributed by atoms with Crippen LogP contribution in [0.2, 0.25) is 0 Å². The van der Waals surface area contributed by atoms with Gasteiger partial charge in [-0.05, 0) is 52.4 Å². The van der Waals surface area contributed by atoms with Crippen LogP contribution in [-0.4, -0.2) is 36.1 Å². The van der Waals surface area contributed by atoms with Crippen LogP contribution in [0.3, 0.4) is 0 Å². The highest BCUT2D eigenvalue weighted by molar-refractivity contribution is 7.80. The summed E-state index contributed by atoms with van der Waals surface area (Å²) in [6.45, 7) is 6.20. The van der Waals surface area contributed by atoms with Gasteiger partial charge in [0.05, 0.1) is 5.56 Å². The summed E-state index contributed by atoms with van der Waals surface area (Å²) >= 11 is 4.89. The quantitative estimate of drug-likeness (QED) is 0.572. The van der Waals surface area contributed by atoms with E-state index in [-0.39, 0.29) is 10.8 Å². The number of nitrogens with two attached hydrogens (primary N) is 1. The van der Waals surface area contributed by atoms with Crippen molar-refractivity contribution in [2.45, 2.75) is 32.7 Å². The maximum absolute atomic E-state index is 13.7. The van der Waals surface area contributed by atoms with Crippen LogP contribution < -0.4 is 11.1 Å². The second-order valence-corrected chi connectivity index (χ2v) is 5.67. The molecule has 112 valence electrons. The highest BCUT2D eigenvalue weighted by Crippen LogP contribution is 2.18. The van der Waals surface area contributed by atoms with Crippen molar-refractivity contribution < 1.29 is 4.39 Å². The van der Waals surface area contributed by atoms with Crippen molar-refractivity contribution in [1.29, 1.82) is 0 Å². The first-order valence-corrected chi connectivity index (χ1v) is 7.36. The van der Waals surface area contributed by atoms with E-state index in [1.165, 1.54) is 6.07 Å². The van der Waals surface area contributed by atoms with Gasteiger partial charge in [0.15, 0.2) is 0 Å². The Morgan fingerprint density at radius 3 is 2.70 bits per heavy atom. The molecular weight excluding hydrogens is 273 g/mol. The van der Waals surface area contributed by atoms with Crippen molar-refractivity contribution in [3.63, 3.8) is 0 Å². The van der Waals surface area contributed by atoms with Gasteiger partial charge < -0.3 is 16.0 Å². The van der Waals surface area contributed by atoms with Crippen LogP contribution in [0.15, 0.2) is 18.2 Å². The zero-order chi connectivity index (χ0) is 15.1. The average Bonchev–Trinajstić information content (AvgIpc) is 2.37. The average molecular weight is 297 g/mol. The SMILES string of the molecule is CC(C)N(C)CCCCNc1cccc(F)c1C(N)=S. The van der Waals surface area contributed by atoms with E-state index in [2.05, 4.69) is 31.1 Å². The molecule has 0 fully saturated rings. The molecule has 1 aromatic carbocycles. The Kier molecular flexibility index (Phi) is 6.88. The summed E-state index contributed by atoms with van der Waals surface area (Å²) in [6.07, 6.45) is 2.11. The summed E-state index contributed by atoms with van der Waals surface area (Å²) in [5, 5.41) is 3.21. The van der Waals surface area contributed by atoms with Gasteiger partial charge in [-0.2, -0.15) is 0 Å². The van der Waals surface area contributed by atoms with Gasteiger partial charge in [-0.3, -0.25) is 0 Å². The summed E-state index contributed by atoms with van der Waals surface area (Å²) in [6, 6.07) is 5.40. The molecule has 0 aliphatic carbocycles. The normalized spacial score (nSPS) is 11.1. The molecule has 5 heteroatoms. The molecule has 0 saturated heterocycles. The molecule has 1 rings (SSSR count). The minimum absolute atomic E-state index is 0.0881. The lowest BCUT2D eigenvalue weighted by molar-refractivity contribution is 0.269. The molecular formula is C15H24FN3S. The van der Waals surface area contributed by atoms with Gasteiger partial charge in [0.1, 0.15) is 10.8 Å². The molecule has 0 aromatic heterocycles. The summed E-state index contributed by atoms with van der Waals surface area (Å²) < 4.78 is 13.7. The van der Waals surface area contributed by atoms with E-state index in [9.17, 15) is 4.39 Å². The molecule has 0 aliphatic heterocycles. The predicted octanol–water partition coefficient (Wildman–Crippen LogP) is 2.99. The number of anilines is 1. The van der Waals surface area contributed by atoms with Crippen molar-refractivity contribution in [1.82, 2.24) is 4.90 Å². The zero-order valence-electron chi connectivity index (χ0n) is 12.4. The van der Waals surface area contributed by atoms with E-state index >= 15 is 0 Å². The van der Waals surface area contributed by atoms with E-state index in [1.54, 1.807) is 12.1 Å². The van der Waals surface area contributed by atoms with Crippen molar-refractivity contribution in [2.75, 3.05) is 25.5 Å². The third-order valence-corrected chi connectivity index (χ3v) is 3.60. The molecule has 3 N–H and O–H groups in total. The summed E-state index contributed by atoms with van der Waals surface area (Å²) in [7, 11) is 2.12. The number of nitrogens with zero attached hydrogens (tertiary/aromatic N) is 1. The van der Waals surface area contributed by atoms with Gasteiger partial charge in [-0.15, -0.1) is 0 Å². The second kappa shape index (κ2) is 8.17. The molecule has 0 spiro atoms. The molecule has 1 aromatic rings. The topological polar surface area (TPSA) is 41.3 Å². The smallest absolute Gasteiger partial charge is 0.135 e. The van der Waals surface area contributed by atoms with Crippen molar-refractivity contribution in [3.05, 3.63) is 29.6 Å². The predicted molar refractivity (Wildman–Crippen MR) is 87.8 cm³/mol. The summed E-state index contributed by atoms with van der Waals surface area (Å²) in [4.78, 5) is 2.40. The molecule has 0 saturated carbocycles. The molecule has 0 amide bonds. The van der Waals surface area contributed by atoms with E-state index in [0.717, 1.165) is 25.9 Å². The fourth-order valence-electron chi connectivity index (χ4n) is 1.89. The van der Waals surface area contributed by atoms with Crippen LogP contribution in [0.5, 0.6) is 0 Å². The molecule has 0 atom stereocenters. The van der Waals surface area contributed by atoms with Crippen LogP contribution in [-0.2, 0) is 0 Å². The van der Waals surface area contributed by atoms with Gasteiger partial charge >= 0.3 is 0 Å². The molecule has 0 bridgehead atoms. The van der Waals surface area contributed by atoms with Gasteiger partial charge in [0.25, 0.3) is 0 Å². The Morgan fingerprint density at radius 1 is 1.40 bits per heavy atom. The number of rotatable bonds is 8. The Labute approximate surface area is 126 Å². The lowest BCUT2D eigenvalue weighted by Gasteiger charge is -2.20. The fourth-order valence-corrected chi connectivity index (χ4v) is 2.10. The molecule has 0 unspecified atom stereocenters. The first kappa shape index (κ1) is 16.9. The minimum Gasteiger partial charge on any atom is -0.389 e. The number of hydrogen-bond acceptors (Lipinski definition) is 3. The standard InChI is InChI=1S/C15H24FN3S/c1-11(2)19(3)10-5-4-9-18-13-8-6-7-12(16)14(13)15(17)20/h6-8,11,18H,4-5,9-10H2,1-3H3,(H2,17,20). The van der Waals surface area contributed by atoms with Gasteiger partial charge in [0.2, 0.25) is 0 Å². The third kappa shape index (κ3) is 5.06. The largest absolute Gasteiger partial charge is 0.389 e. The van der Waals surface area contributed by atoms with Gasteiger partial charge in [-0.25, -0.2) is 4.39 Å². The first-order valence-electron chi connectivity index (χ1n) is 6.96. The lowest BCUT2D eigenvalue weighted by atomic mass is 10.1. The van der Waals surface area contributed by atoms with Crippen molar-refractivity contribution in [3.8, 4) is 0 Å². The summed E-state index contributed by atoms with van der Waals surface area (Å²) in [5.41, 5.74) is 6.55. The Morgan fingerprint density at radius 2 is 2.10 bits per heavy atom. The van der Waals surface area contributed by atoms with Crippen molar-refractivity contribution >= 4 is 22.9 Å². The monoisotopic (exact) mass is 297 g/mol. The van der Waals surface area contributed by atoms with E-state index < -0.39 is 0 Å². The first-order chi connectivity index (χ1) is 9.43. The Balaban J connectivity index is 2.43. The van der Waals surface area contributed by atoms with Crippen LogP contribution >= 0.6 is 12.2 Å². The molecule has 0 radical (unpaired) electrons. The molecule has 0 aliphatic rings. The molecule has 20 heavy (non-hydrogen) atoms. The maximum atomic E-state index is 13.7. The maximum Gasteiger partial charge on any atom is 0.135 e. The lowest BCUT2D eigenvalue weighted by Crippen LogP contribution is -2.27. The van der Waals surface area contributed by atoms with Crippen LogP contribution in [0.1, 0.15) is 32.3 Å². The minimum atomic E-state index is -0.373. The third-order valence-electron chi connectivity index (χ3n) is 3.39. The molecule has 0 heterocycles. The summed E-state index contributed by atoms with van der Waals surface area (Å²) in [5.74, 6) is -0.373. The number of nitrogens with one attached hydrogen (secondary N) is 1. The second-order valence-electron chi connectivity index (χ2n) is 5.23. The Bertz CT molecular complexity index is 449. The highest BCUT2D eigenvalue weighted by atomic mass is 32.1. The number of thiocarbonyl (C=S) groups is 1. The van der Waals surface area contributed by atoms with Crippen molar-refractivity contribution in [2.24, 2.45) is 5.73 Å². The fraction of sp³-hybridized carbons (Fsp3) is 0.533. The zero-order valence-corrected chi connectivity index (χ0v) is 13.3. The van der Waals surface area contributed by atoms with E-state index in [4.69, 9.17) is 18.0 Å².